The van der Waals surface area contributed by atoms with Gasteiger partial charge in [0, 0.05) is 19.3 Å². The van der Waals surface area contributed by atoms with Crippen molar-refractivity contribution in [2.24, 2.45) is 5.41 Å². The molecule has 0 aliphatic rings. The summed E-state index contributed by atoms with van der Waals surface area (Å²) in [5, 5.41) is 19.2. The van der Waals surface area contributed by atoms with Crippen molar-refractivity contribution in [3.8, 4) is 0 Å². The Morgan fingerprint density at radius 3 is 0.860 bits per heavy atom. The lowest BCUT2D eigenvalue weighted by Crippen LogP contribution is -2.41. The molecule has 0 rings (SSSR count). The molecule has 0 aliphatic heterocycles. The van der Waals surface area contributed by atoms with Crippen molar-refractivity contribution >= 4 is 23.9 Å². The highest BCUT2D eigenvalue weighted by atomic mass is 16.6. The van der Waals surface area contributed by atoms with Gasteiger partial charge in [-0.15, -0.1) is 0 Å². The van der Waals surface area contributed by atoms with Crippen molar-refractivity contribution in [2.75, 3.05) is 13.2 Å². The number of aliphatic carboxylic acids is 2. The van der Waals surface area contributed by atoms with E-state index in [1.807, 2.05) is 0 Å². The first-order valence-corrected chi connectivity index (χ1v) is 24.5. The molecule has 0 fully saturated rings. The SMILES string of the molecule is CCCCCCCCCCCCCCCCCC(=O)OCC(CCCCCCCCC(=O)O)(COC(=O)CCCCCCCCCCCCCCCCC)C(=O)O. The molecule has 0 unspecified atom stereocenters. The van der Waals surface area contributed by atoms with Gasteiger partial charge in [-0.05, 0) is 25.7 Å². The number of unbranched alkanes of at least 4 members (excludes halogenated alkanes) is 33. The third kappa shape index (κ3) is 37.9. The van der Waals surface area contributed by atoms with Crippen molar-refractivity contribution in [1.82, 2.24) is 0 Å². The second kappa shape index (κ2) is 42.0. The van der Waals surface area contributed by atoms with Gasteiger partial charge in [-0.2, -0.15) is 0 Å². The van der Waals surface area contributed by atoms with Crippen LogP contribution in [0.15, 0.2) is 0 Å². The summed E-state index contributed by atoms with van der Waals surface area (Å²) in [6.45, 7) is 3.92. The first kappa shape index (κ1) is 54.9. The van der Waals surface area contributed by atoms with Gasteiger partial charge in [-0.1, -0.05) is 226 Å². The molecule has 2 N–H and O–H groups in total. The molecule has 0 heterocycles. The first-order chi connectivity index (χ1) is 27.8. The molecule has 57 heavy (non-hydrogen) atoms. The quantitative estimate of drug-likeness (QED) is 0.0460. The van der Waals surface area contributed by atoms with Gasteiger partial charge in [-0.3, -0.25) is 19.2 Å². The fourth-order valence-corrected chi connectivity index (χ4v) is 7.73. The molecule has 0 radical (unpaired) electrons. The minimum absolute atomic E-state index is 0.164. The molecule has 0 saturated carbocycles. The highest BCUT2D eigenvalue weighted by molar-refractivity contribution is 5.77. The van der Waals surface area contributed by atoms with Crippen LogP contribution in [0.4, 0.5) is 0 Å². The van der Waals surface area contributed by atoms with Crippen molar-refractivity contribution in [2.45, 2.75) is 271 Å². The third-order valence-corrected chi connectivity index (χ3v) is 11.7. The first-order valence-electron chi connectivity index (χ1n) is 24.5. The number of carbonyl (C=O) groups excluding carboxylic acids is 2. The Hall–Kier alpha value is -2.12. The summed E-state index contributed by atoms with van der Waals surface area (Å²) in [4.78, 5) is 48.9. The molecule has 0 bridgehead atoms. The second-order valence-corrected chi connectivity index (χ2v) is 17.3. The number of esters is 2. The summed E-state index contributed by atoms with van der Waals surface area (Å²) >= 11 is 0. The molecule has 0 aromatic rings. The zero-order valence-corrected chi connectivity index (χ0v) is 37.5. The van der Waals surface area contributed by atoms with Crippen molar-refractivity contribution in [3.05, 3.63) is 0 Å². The highest BCUT2D eigenvalue weighted by Gasteiger charge is 2.41. The summed E-state index contributed by atoms with van der Waals surface area (Å²) in [5.41, 5.74) is -1.47. The second-order valence-electron chi connectivity index (χ2n) is 17.3. The van der Waals surface area contributed by atoms with E-state index in [0.717, 1.165) is 64.2 Å². The van der Waals surface area contributed by atoms with Crippen LogP contribution >= 0.6 is 0 Å². The number of carboxylic acid groups (broad SMARTS) is 2. The van der Waals surface area contributed by atoms with E-state index < -0.39 is 29.3 Å². The molecule has 0 atom stereocenters. The Morgan fingerprint density at radius 1 is 0.351 bits per heavy atom. The molecular weight excluding hydrogens is 717 g/mol. The fraction of sp³-hybridized carbons (Fsp3) is 0.918. The molecular formula is C49H92O8. The van der Waals surface area contributed by atoms with Crippen LogP contribution in [0, 0.1) is 5.41 Å². The van der Waals surface area contributed by atoms with Crippen LogP contribution in [0.5, 0.6) is 0 Å². The van der Waals surface area contributed by atoms with E-state index in [9.17, 15) is 24.3 Å². The van der Waals surface area contributed by atoms with Crippen LogP contribution in [0.2, 0.25) is 0 Å². The van der Waals surface area contributed by atoms with Gasteiger partial charge >= 0.3 is 23.9 Å². The Balaban J connectivity index is 4.46. The maximum Gasteiger partial charge on any atom is 0.316 e. The maximum atomic E-state index is 12.7. The van der Waals surface area contributed by atoms with Crippen LogP contribution in [0.3, 0.4) is 0 Å². The monoisotopic (exact) mass is 809 g/mol. The predicted molar refractivity (Wildman–Crippen MR) is 236 cm³/mol. The van der Waals surface area contributed by atoms with Gasteiger partial charge in [-0.25, -0.2) is 0 Å². The Labute approximate surface area is 351 Å². The van der Waals surface area contributed by atoms with Gasteiger partial charge < -0.3 is 19.7 Å². The molecule has 336 valence electrons. The van der Waals surface area contributed by atoms with E-state index in [1.165, 1.54) is 154 Å². The molecule has 0 aromatic carbocycles. The summed E-state index contributed by atoms with van der Waals surface area (Å²) in [6, 6.07) is 0. The van der Waals surface area contributed by atoms with Crippen LogP contribution in [-0.4, -0.2) is 47.3 Å². The van der Waals surface area contributed by atoms with E-state index >= 15 is 0 Å². The number of carboxylic acids is 2. The average molecular weight is 809 g/mol. The van der Waals surface area contributed by atoms with E-state index in [2.05, 4.69) is 13.8 Å². The smallest absolute Gasteiger partial charge is 0.316 e. The molecule has 0 aromatic heterocycles. The molecule has 0 saturated heterocycles. The lowest BCUT2D eigenvalue weighted by Gasteiger charge is -2.28. The molecule has 0 spiro atoms. The number of hydrogen-bond acceptors (Lipinski definition) is 6. The van der Waals surface area contributed by atoms with Gasteiger partial charge in [0.05, 0.1) is 0 Å². The van der Waals surface area contributed by atoms with Crippen molar-refractivity contribution in [1.29, 1.82) is 0 Å². The zero-order chi connectivity index (χ0) is 41.9. The lowest BCUT2D eigenvalue weighted by atomic mass is 9.83. The Bertz CT molecular complexity index is 884. The van der Waals surface area contributed by atoms with Crippen molar-refractivity contribution in [3.63, 3.8) is 0 Å². The van der Waals surface area contributed by atoms with Crippen LogP contribution < -0.4 is 0 Å². The number of carbonyl (C=O) groups is 4. The van der Waals surface area contributed by atoms with Crippen LogP contribution in [0.25, 0.3) is 0 Å². The Morgan fingerprint density at radius 2 is 0.596 bits per heavy atom. The normalized spacial score (nSPS) is 11.5. The van der Waals surface area contributed by atoms with E-state index in [0.29, 0.717) is 12.8 Å². The van der Waals surface area contributed by atoms with Gasteiger partial charge in [0.25, 0.3) is 0 Å². The van der Waals surface area contributed by atoms with Crippen LogP contribution in [-0.2, 0) is 28.7 Å². The highest BCUT2D eigenvalue weighted by Crippen LogP contribution is 2.29. The van der Waals surface area contributed by atoms with Gasteiger partial charge in [0.15, 0.2) is 0 Å². The zero-order valence-electron chi connectivity index (χ0n) is 37.5. The largest absolute Gasteiger partial charge is 0.481 e. The number of rotatable bonds is 46. The predicted octanol–water partition coefficient (Wildman–Crippen LogP) is 14.9. The summed E-state index contributed by atoms with van der Waals surface area (Å²) in [5.74, 6) is -2.68. The fourth-order valence-electron chi connectivity index (χ4n) is 7.73. The maximum absolute atomic E-state index is 12.7. The van der Waals surface area contributed by atoms with Crippen LogP contribution in [0.1, 0.15) is 271 Å². The molecule has 8 nitrogen and oxygen atoms in total. The lowest BCUT2D eigenvalue weighted by molar-refractivity contribution is -0.168. The topological polar surface area (TPSA) is 127 Å². The minimum Gasteiger partial charge on any atom is -0.481 e. The van der Waals surface area contributed by atoms with Crippen molar-refractivity contribution < 1.29 is 38.9 Å². The Kier molecular flexibility index (Phi) is 40.5. The molecule has 8 heteroatoms. The number of hydrogen-bond donors (Lipinski definition) is 2. The molecule has 0 aliphatic carbocycles. The molecule has 0 amide bonds. The van der Waals surface area contributed by atoms with E-state index in [-0.39, 0.29) is 38.9 Å². The summed E-state index contributed by atoms with van der Waals surface area (Å²) < 4.78 is 11.2. The standard InChI is InChI=1S/C49H92O8/c1-3-5-7-9-11-13-15-17-19-21-23-25-27-32-36-40-46(52)56-43-49(48(54)55,42-38-34-30-29-31-35-39-45(50)51)44-57-47(53)41-37-33-28-26-24-22-20-18-16-14-12-10-8-6-4-2/h3-44H2,1-2H3,(H,50,51)(H,54,55). The van der Waals surface area contributed by atoms with Gasteiger partial charge in [0.1, 0.15) is 18.6 Å². The summed E-state index contributed by atoms with van der Waals surface area (Å²) in [6.07, 6.45) is 42.9. The average Bonchev–Trinajstić information content (AvgIpc) is 3.19. The third-order valence-electron chi connectivity index (χ3n) is 11.7. The van der Waals surface area contributed by atoms with Gasteiger partial charge in [0.2, 0.25) is 0 Å². The van der Waals surface area contributed by atoms with E-state index in [4.69, 9.17) is 14.6 Å². The summed E-state index contributed by atoms with van der Waals surface area (Å²) in [7, 11) is 0. The van der Waals surface area contributed by atoms with E-state index in [1.54, 1.807) is 0 Å². The number of ether oxygens (including phenoxy) is 2. The minimum atomic E-state index is -1.47.